The number of ether oxygens (including phenoxy) is 1. The van der Waals surface area contributed by atoms with Crippen LogP contribution in [0, 0.1) is 11.3 Å². The van der Waals surface area contributed by atoms with Crippen molar-refractivity contribution in [2.75, 3.05) is 13.2 Å². The van der Waals surface area contributed by atoms with Crippen molar-refractivity contribution < 1.29 is 9.53 Å². The number of carbonyl (C=O) groups excluding carboxylic acids is 1. The van der Waals surface area contributed by atoms with Crippen LogP contribution in [0.4, 0.5) is 0 Å². The molecule has 1 saturated carbocycles. The smallest absolute Gasteiger partial charge is 0.235 e. The molecule has 0 unspecified atom stereocenters. The van der Waals surface area contributed by atoms with Crippen LogP contribution in [0.15, 0.2) is 30.3 Å². The van der Waals surface area contributed by atoms with Gasteiger partial charge in [-0.2, -0.15) is 5.26 Å². The predicted octanol–water partition coefficient (Wildman–Crippen LogP) is 2.79. The van der Waals surface area contributed by atoms with Crippen molar-refractivity contribution in [1.82, 2.24) is 10.2 Å². The Labute approximate surface area is 150 Å². The van der Waals surface area contributed by atoms with Crippen LogP contribution >= 0.6 is 0 Å². The van der Waals surface area contributed by atoms with E-state index in [0.717, 1.165) is 31.2 Å². The highest BCUT2D eigenvalue weighted by Gasteiger charge is 2.38. The first-order valence-electron chi connectivity index (χ1n) is 9.19. The van der Waals surface area contributed by atoms with Crippen LogP contribution in [0.25, 0.3) is 0 Å². The number of morpholine rings is 1. The summed E-state index contributed by atoms with van der Waals surface area (Å²) in [6.45, 7) is 5.09. The Hall–Kier alpha value is -1.90. The lowest BCUT2D eigenvalue weighted by Crippen LogP contribution is -2.56. The third-order valence-electron chi connectivity index (χ3n) is 5.55. The molecule has 2 fully saturated rings. The molecule has 1 aromatic rings. The molecule has 5 heteroatoms. The summed E-state index contributed by atoms with van der Waals surface area (Å²) in [6, 6.07) is 12.7. The number of benzene rings is 1. The SMILES string of the molecule is C[C@@H]1CO[C@H](c2ccccc2)[C@H](C)N1CC(=O)NC1(C#N)CCCC1. The van der Waals surface area contributed by atoms with E-state index in [-0.39, 0.29) is 24.1 Å². The van der Waals surface area contributed by atoms with E-state index in [9.17, 15) is 10.1 Å². The molecule has 1 aliphatic carbocycles. The highest BCUT2D eigenvalue weighted by molar-refractivity contribution is 5.79. The first kappa shape index (κ1) is 17.9. The van der Waals surface area contributed by atoms with Crippen LogP contribution in [0.3, 0.4) is 0 Å². The molecule has 0 spiro atoms. The van der Waals surface area contributed by atoms with Gasteiger partial charge in [-0.1, -0.05) is 30.3 Å². The minimum Gasteiger partial charge on any atom is -0.370 e. The Kier molecular flexibility index (Phi) is 5.41. The Bertz CT molecular complexity index is 634. The Morgan fingerprint density at radius 3 is 2.64 bits per heavy atom. The van der Waals surface area contributed by atoms with Gasteiger partial charge in [-0.25, -0.2) is 0 Å². The lowest BCUT2D eigenvalue weighted by molar-refractivity contribution is -0.133. The molecular weight excluding hydrogens is 314 g/mol. The van der Waals surface area contributed by atoms with E-state index in [1.165, 1.54) is 0 Å². The fraction of sp³-hybridized carbons (Fsp3) is 0.600. The molecule has 1 aliphatic heterocycles. The van der Waals surface area contributed by atoms with Gasteiger partial charge < -0.3 is 10.1 Å². The summed E-state index contributed by atoms with van der Waals surface area (Å²) in [5.74, 6) is -0.0594. The van der Waals surface area contributed by atoms with E-state index >= 15 is 0 Å². The molecule has 134 valence electrons. The monoisotopic (exact) mass is 341 g/mol. The second-order valence-corrected chi connectivity index (χ2v) is 7.38. The number of nitrogens with one attached hydrogen (secondary N) is 1. The van der Waals surface area contributed by atoms with Gasteiger partial charge >= 0.3 is 0 Å². The predicted molar refractivity (Wildman–Crippen MR) is 95.7 cm³/mol. The van der Waals surface area contributed by atoms with E-state index in [4.69, 9.17) is 4.74 Å². The van der Waals surface area contributed by atoms with E-state index in [2.05, 4.69) is 42.3 Å². The van der Waals surface area contributed by atoms with Crippen molar-refractivity contribution >= 4 is 5.91 Å². The van der Waals surface area contributed by atoms with Crippen molar-refractivity contribution in [2.24, 2.45) is 0 Å². The van der Waals surface area contributed by atoms with Crippen LogP contribution in [0.5, 0.6) is 0 Å². The fourth-order valence-electron chi connectivity index (χ4n) is 4.09. The third-order valence-corrected chi connectivity index (χ3v) is 5.55. The molecule has 0 aromatic heterocycles. The van der Waals surface area contributed by atoms with Gasteiger partial charge in [-0.3, -0.25) is 9.69 Å². The minimum atomic E-state index is -0.658. The van der Waals surface area contributed by atoms with E-state index in [1.54, 1.807) is 0 Å². The quantitative estimate of drug-likeness (QED) is 0.914. The fourth-order valence-corrected chi connectivity index (χ4v) is 4.09. The molecule has 25 heavy (non-hydrogen) atoms. The number of amides is 1. The lowest BCUT2D eigenvalue weighted by atomic mass is 9.98. The van der Waals surface area contributed by atoms with Gasteiger partial charge in [0.2, 0.25) is 5.91 Å². The average molecular weight is 341 g/mol. The van der Waals surface area contributed by atoms with Crippen molar-refractivity contribution in [3.63, 3.8) is 0 Å². The maximum Gasteiger partial charge on any atom is 0.235 e. The molecule has 5 nitrogen and oxygen atoms in total. The highest BCUT2D eigenvalue weighted by Crippen LogP contribution is 2.31. The zero-order valence-corrected chi connectivity index (χ0v) is 15.1. The number of nitriles is 1. The summed E-state index contributed by atoms with van der Waals surface area (Å²) in [5, 5.41) is 12.5. The van der Waals surface area contributed by atoms with Crippen LogP contribution in [0.1, 0.15) is 51.2 Å². The van der Waals surface area contributed by atoms with Gasteiger partial charge in [0.25, 0.3) is 0 Å². The van der Waals surface area contributed by atoms with Crippen LogP contribution in [-0.2, 0) is 9.53 Å². The molecule has 2 aliphatic rings. The molecule has 1 aromatic carbocycles. The lowest BCUT2D eigenvalue weighted by Gasteiger charge is -2.43. The number of hydrogen-bond acceptors (Lipinski definition) is 4. The molecule has 3 atom stereocenters. The number of carbonyl (C=O) groups is 1. The number of hydrogen-bond donors (Lipinski definition) is 1. The molecule has 0 radical (unpaired) electrons. The van der Waals surface area contributed by atoms with Crippen molar-refractivity contribution in [3.8, 4) is 6.07 Å². The zero-order chi connectivity index (χ0) is 17.9. The van der Waals surface area contributed by atoms with Gasteiger partial charge in [0, 0.05) is 12.1 Å². The van der Waals surface area contributed by atoms with Crippen molar-refractivity contribution in [1.29, 1.82) is 5.26 Å². The Morgan fingerprint density at radius 1 is 1.32 bits per heavy atom. The summed E-state index contributed by atoms with van der Waals surface area (Å²) >= 11 is 0. The summed E-state index contributed by atoms with van der Waals surface area (Å²) in [6.07, 6.45) is 3.50. The average Bonchev–Trinajstić information content (AvgIpc) is 3.08. The Morgan fingerprint density at radius 2 is 2.00 bits per heavy atom. The van der Waals surface area contributed by atoms with E-state index in [1.807, 2.05) is 18.2 Å². The highest BCUT2D eigenvalue weighted by atomic mass is 16.5. The van der Waals surface area contributed by atoms with E-state index < -0.39 is 5.54 Å². The first-order valence-corrected chi connectivity index (χ1v) is 9.19. The Balaban J connectivity index is 1.67. The topological polar surface area (TPSA) is 65.4 Å². The third kappa shape index (κ3) is 3.86. The van der Waals surface area contributed by atoms with Crippen LogP contribution in [0.2, 0.25) is 0 Å². The molecule has 0 bridgehead atoms. The molecule has 1 N–H and O–H groups in total. The van der Waals surface area contributed by atoms with Crippen molar-refractivity contribution in [2.45, 2.75) is 63.3 Å². The summed E-state index contributed by atoms with van der Waals surface area (Å²) in [4.78, 5) is 14.8. The number of rotatable bonds is 4. The van der Waals surface area contributed by atoms with Crippen molar-refractivity contribution in [3.05, 3.63) is 35.9 Å². The maximum atomic E-state index is 12.6. The minimum absolute atomic E-state index is 0.0402. The van der Waals surface area contributed by atoms with Crippen LogP contribution in [-0.4, -0.2) is 41.6 Å². The number of nitrogens with zero attached hydrogens (tertiary/aromatic N) is 2. The van der Waals surface area contributed by atoms with E-state index in [0.29, 0.717) is 13.2 Å². The molecule has 1 heterocycles. The molecular formula is C20H27N3O2. The summed E-state index contributed by atoms with van der Waals surface area (Å²) < 4.78 is 6.05. The largest absolute Gasteiger partial charge is 0.370 e. The van der Waals surface area contributed by atoms with Gasteiger partial charge in [-0.15, -0.1) is 0 Å². The second-order valence-electron chi connectivity index (χ2n) is 7.38. The summed E-state index contributed by atoms with van der Waals surface area (Å²) in [7, 11) is 0. The zero-order valence-electron chi connectivity index (χ0n) is 15.1. The van der Waals surface area contributed by atoms with Crippen LogP contribution < -0.4 is 5.32 Å². The summed E-state index contributed by atoms with van der Waals surface area (Å²) in [5.41, 5.74) is 0.478. The van der Waals surface area contributed by atoms with Gasteiger partial charge in [0.15, 0.2) is 0 Å². The van der Waals surface area contributed by atoms with Gasteiger partial charge in [0.1, 0.15) is 5.54 Å². The second kappa shape index (κ2) is 7.55. The molecule has 1 amide bonds. The molecule has 1 saturated heterocycles. The van der Waals surface area contributed by atoms with Gasteiger partial charge in [0.05, 0.1) is 25.3 Å². The normalized spacial score (nSPS) is 29.1. The standard InChI is InChI=1S/C20H27N3O2/c1-15-13-25-19(17-8-4-3-5-9-17)16(2)23(15)12-18(24)22-20(14-21)10-6-7-11-20/h3-5,8-9,15-16,19H,6-7,10-13H2,1-2H3,(H,22,24)/t15-,16+,19+/m1/s1. The first-order chi connectivity index (χ1) is 12.0. The molecule has 3 rings (SSSR count). The van der Waals surface area contributed by atoms with Gasteiger partial charge in [-0.05, 0) is 45.1 Å². The maximum absolute atomic E-state index is 12.6.